The first-order valence-electron chi connectivity index (χ1n) is 6.28. The number of hydrogen-bond donors (Lipinski definition) is 1. The fourth-order valence-electron chi connectivity index (χ4n) is 2.32. The lowest BCUT2D eigenvalue weighted by Crippen LogP contribution is -2.03. The van der Waals surface area contributed by atoms with Crippen molar-refractivity contribution in [3.8, 4) is 0 Å². The van der Waals surface area contributed by atoms with Gasteiger partial charge >= 0.3 is 0 Å². The number of fused-ring (bicyclic) bond motifs is 1. The molecule has 3 rings (SSSR count). The average molecular weight is 269 g/mol. The molecule has 0 fully saturated rings. The van der Waals surface area contributed by atoms with E-state index in [1.165, 1.54) is 18.2 Å². The van der Waals surface area contributed by atoms with Crippen molar-refractivity contribution >= 4 is 17.4 Å². The molecule has 1 aliphatic heterocycles. The van der Waals surface area contributed by atoms with E-state index in [0.717, 1.165) is 11.3 Å². The maximum atomic E-state index is 13.2. The van der Waals surface area contributed by atoms with E-state index in [4.69, 9.17) is 0 Å². The maximum absolute atomic E-state index is 13.2. The number of rotatable bonds is 2. The molecule has 1 heterocycles. The molecule has 0 saturated heterocycles. The number of carbonyl (C=O) groups excluding carboxylic acids is 2. The number of benzene rings is 2. The SMILES string of the molecule is Cc1cc(C(=O)c2ccc3c(c2)CC(=O)N3)ccc1F. The summed E-state index contributed by atoms with van der Waals surface area (Å²) < 4.78 is 13.2. The Hall–Kier alpha value is -2.49. The van der Waals surface area contributed by atoms with Gasteiger partial charge in [-0.05, 0) is 54.4 Å². The van der Waals surface area contributed by atoms with Crippen LogP contribution in [0.5, 0.6) is 0 Å². The molecule has 1 amide bonds. The lowest BCUT2D eigenvalue weighted by molar-refractivity contribution is -0.115. The van der Waals surface area contributed by atoms with Crippen molar-refractivity contribution in [2.45, 2.75) is 13.3 Å². The van der Waals surface area contributed by atoms with Crippen molar-refractivity contribution in [2.24, 2.45) is 0 Å². The Kier molecular flexibility index (Phi) is 2.86. The van der Waals surface area contributed by atoms with Gasteiger partial charge in [0.15, 0.2) is 5.78 Å². The first-order chi connectivity index (χ1) is 9.54. The molecule has 20 heavy (non-hydrogen) atoms. The predicted molar refractivity (Wildman–Crippen MR) is 73.3 cm³/mol. The Labute approximate surface area is 115 Å². The molecule has 100 valence electrons. The summed E-state index contributed by atoms with van der Waals surface area (Å²) in [5.74, 6) is -0.567. The smallest absolute Gasteiger partial charge is 0.228 e. The topological polar surface area (TPSA) is 46.2 Å². The van der Waals surface area contributed by atoms with Crippen LogP contribution in [0.1, 0.15) is 27.0 Å². The quantitative estimate of drug-likeness (QED) is 0.852. The maximum Gasteiger partial charge on any atom is 0.228 e. The lowest BCUT2D eigenvalue weighted by atomic mass is 9.99. The lowest BCUT2D eigenvalue weighted by Gasteiger charge is -2.05. The predicted octanol–water partition coefficient (Wildman–Crippen LogP) is 2.86. The standard InChI is InChI=1S/C16H12FNO2/c1-9-6-10(2-4-13(9)17)16(20)11-3-5-14-12(7-11)8-15(19)18-14/h2-7H,8H2,1H3,(H,18,19). The molecule has 1 aliphatic rings. The van der Waals surface area contributed by atoms with Crippen molar-refractivity contribution in [1.29, 1.82) is 0 Å². The second-order valence-corrected chi connectivity index (χ2v) is 4.89. The first-order valence-corrected chi connectivity index (χ1v) is 6.28. The van der Waals surface area contributed by atoms with E-state index in [2.05, 4.69) is 5.32 Å². The van der Waals surface area contributed by atoms with E-state index in [-0.39, 0.29) is 17.5 Å². The van der Waals surface area contributed by atoms with Crippen molar-refractivity contribution in [3.05, 3.63) is 64.5 Å². The summed E-state index contributed by atoms with van der Waals surface area (Å²) in [7, 11) is 0. The van der Waals surface area contributed by atoms with Crippen LogP contribution in [0, 0.1) is 12.7 Å². The van der Waals surface area contributed by atoms with E-state index < -0.39 is 0 Å². The Balaban J connectivity index is 1.97. The number of halogens is 1. The monoisotopic (exact) mass is 269 g/mol. The van der Waals surface area contributed by atoms with Gasteiger partial charge in [0.1, 0.15) is 5.82 Å². The zero-order valence-electron chi connectivity index (χ0n) is 10.9. The van der Waals surface area contributed by atoms with Crippen LogP contribution < -0.4 is 5.32 Å². The largest absolute Gasteiger partial charge is 0.326 e. The Morgan fingerprint density at radius 1 is 1.15 bits per heavy atom. The molecule has 0 spiro atoms. The van der Waals surface area contributed by atoms with Crippen LogP contribution in [0.25, 0.3) is 0 Å². The number of nitrogens with one attached hydrogen (secondary N) is 1. The van der Waals surface area contributed by atoms with Crippen molar-refractivity contribution < 1.29 is 14.0 Å². The highest BCUT2D eigenvalue weighted by Crippen LogP contribution is 2.25. The van der Waals surface area contributed by atoms with Gasteiger partial charge in [-0.15, -0.1) is 0 Å². The van der Waals surface area contributed by atoms with Gasteiger partial charge in [-0.2, -0.15) is 0 Å². The van der Waals surface area contributed by atoms with E-state index in [9.17, 15) is 14.0 Å². The second kappa shape index (κ2) is 4.56. The molecule has 2 aromatic rings. The summed E-state index contributed by atoms with van der Waals surface area (Å²) in [5.41, 5.74) is 2.96. The molecule has 3 nitrogen and oxygen atoms in total. The molecule has 0 radical (unpaired) electrons. The molecular weight excluding hydrogens is 257 g/mol. The molecule has 0 atom stereocenters. The Morgan fingerprint density at radius 2 is 1.85 bits per heavy atom. The summed E-state index contributed by atoms with van der Waals surface area (Å²) in [5, 5.41) is 2.72. The van der Waals surface area contributed by atoms with Crippen LogP contribution in [-0.2, 0) is 11.2 Å². The van der Waals surface area contributed by atoms with Crippen LogP contribution in [0.3, 0.4) is 0 Å². The highest BCUT2D eigenvalue weighted by atomic mass is 19.1. The van der Waals surface area contributed by atoms with Crippen LogP contribution in [0.15, 0.2) is 36.4 Å². The summed E-state index contributed by atoms with van der Waals surface area (Å²) >= 11 is 0. The third kappa shape index (κ3) is 2.09. The third-order valence-corrected chi connectivity index (χ3v) is 3.41. The van der Waals surface area contributed by atoms with Crippen LogP contribution in [0.4, 0.5) is 10.1 Å². The van der Waals surface area contributed by atoms with Crippen LogP contribution in [-0.4, -0.2) is 11.7 Å². The minimum atomic E-state index is -0.328. The van der Waals surface area contributed by atoms with Gasteiger partial charge in [-0.3, -0.25) is 9.59 Å². The third-order valence-electron chi connectivity index (χ3n) is 3.41. The molecule has 2 aromatic carbocycles. The van der Waals surface area contributed by atoms with Gasteiger partial charge in [-0.25, -0.2) is 4.39 Å². The number of amides is 1. The molecule has 1 N–H and O–H groups in total. The number of hydrogen-bond acceptors (Lipinski definition) is 2. The van der Waals surface area contributed by atoms with Crippen LogP contribution in [0.2, 0.25) is 0 Å². The molecule has 0 aromatic heterocycles. The van der Waals surface area contributed by atoms with Gasteiger partial charge in [0.25, 0.3) is 0 Å². The fraction of sp³-hybridized carbons (Fsp3) is 0.125. The summed E-state index contributed by atoms with van der Waals surface area (Å²) in [6.45, 7) is 1.62. The number of carbonyl (C=O) groups is 2. The summed E-state index contributed by atoms with van der Waals surface area (Å²) in [6, 6.07) is 9.42. The second-order valence-electron chi connectivity index (χ2n) is 4.89. The highest BCUT2D eigenvalue weighted by molar-refractivity contribution is 6.10. The number of anilines is 1. The van der Waals surface area contributed by atoms with E-state index >= 15 is 0 Å². The van der Waals surface area contributed by atoms with Crippen molar-refractivity contribution in [3.63, 3.8) is 0 Å². The van der Waals surface area contributed by atoms with Crippen LogP contribution >= 0.6 is 0 Å². The Morgan fingerprint density at radius 3 is 2.60 bits per heavy atom. The normalized spacial score (nSPS) is 13.0. The molecule has 0 bridgehead atoms. The zero-order chi connectivity index (χ0) is 14.3. The van der Waals surface area contributed by atoms with E-state index in [1.54, 1.807) is 25.1 Å². The molecule has 0 aliphatic carbocycles. The minimum Gasteiger partial charge on any atom is -0.326 e. The molecule has 0 unspecified atom stereocenters. The van der Waals surface area contributed by atoms with E-state index in [0.29, 0.717) is 23.1 Å². The minimum absolute atomic E-state index is 0.0674. The van der Waals surface area contributed by atoms with Gasteiger partial charge < -0.3 is 5.32 Å². The van der Waals surface area contributed by atoms with Gasteiger partial charge in [0, 0.05) is 16.8 Å². The van der Waals surface area contributed by atoms with Gasteiger partial charge in [0.2, 0.25) is 5.91 Å². The van der Waals surface area contributed by atoms with Crippen molar-refractivity contribution in [1.82, 2.24) is 0 Å². The number of ketones is 1. The van der Waals surface area contributed by atoms with Crippen molar-refractivity contribution in [2.75, 3.05) is 5.32 Å². The number of aryl methyl sites for hydroxylation is 1. The first kappa shape index (κ1) is 12.5. The fourth-order valence-corrected chi connectivity index (χ4v) is 2.32. The van der Waals surface area contributed by atoms with Gasteiger partial charge in [0.05, 0.1) is 6.42 Å². The molecule has 4 heteroatoms. The molecule has 0 saturated carbocycles. The average Bonchev–Trinajstić information content (AvgIpc) is 2.80. The van der Waals surface area contributed by atoms with Gasteiger partial charge in [-0.1, -0.05) is 0 Å². The van der Waals surface area contributed by atoms with E-state index in [1.807, 2.05) is 0 Å². The Bertz CT molecular complexity index is 737. The highest BCUT2D eigenvalue weighted by Gasteiger charge is 2.19. The summed E-state index contributed by atoms with van der Waals surface area (Å²) in [6.07, 6.45) is 0.291. The summed E-state index contributed by atoms with van der Waals surface area (Å²) in [4.78, 5) is 23.7. The zero-order valence-corrected chi connectivity index (χ0v) is 10.9. The molecular formula is C16H12FNO2.